The molecule has 2 aromatic rings. The Morgan fingerprint density at radius 2 is 1.91 bits per heavy atom. The van der Waals surface area contributed by atoms with Crippen molar-refractivity contribution in [3.63, 3.8) is 0 Å². The molecule has 116 valence electrons. The third kappa shape index (κ3) is 3.28. The second-order valence-electron chi connectivity index (χ2n) is 5.12. The molecule has 0 radical (unpaired) electrons. The molecule has 22 heavy (non-hydrogen) atoms. The number of hydrogen-bond donors (Lipinski definition) is 0. The summed E-state index contributed by atoms with van der Waals surface area (Å²) < 4.78 is 22.3. The molecular formula is C13H13ClN4O3S. The van der Waals surface area contributed by atoms with Crippen LogP contribution in [0, 0.1) is 5.92 Å². The van der Waals surface area contributed by atoms with Crippen molar-refractivity contribution in [2.75, 3.05) is 17.2 Å². The van der Waals surface area contributed by atoms with Gasteiger partial charge in [-0.1, -0.05) is 6.07 Å². The van der Waals surface area contributed by atoms with Crippen LogP contribution in [-0.4, -0.2) is 41.6 Å². The number of hydrogen-bond acceptors (Lipinski definition) is 5. The van der Waals surface area contributed by atoms with E-state index in [0.717, 1.165) is 5.69 Å². The quantitative estimate of drug-likeness (QED) is 0.780. The number of carbonyl (C=O) groups excluding carboxylic acids is 1. The maximum atomic E-state index is 12.1. The third-order valence-corrected chi connectivity index (χ3v) is 4.68. The fourth-order valence-electron chi connectivity index (χ4n) is 2.56. The van der Waals surface area contributed by atoms with Crippen LogP contribution < -0.4 is 4.90 Å². The van der Waals surface area contributed by atoms with E-state index < -0.39 is 9.05 Å². The van der Waals surface area contributed by atoms with Crippen LogP contribution in [0.2, 0.25) is 0 Å². The van der Waals surface area contributed by atoms with Gasteiger partial charge in [0, 0.05) is 35.3 Å². The summed E-state index contributed by atoms with van der Waals surface area (Å²) in [6.07, 6.45) is 3.31. The first-order valence-electron chi connectivity index (χ1n) is 6.62. The molecule has 1 aromatic heterocycles. The van der Waals surface area contributed by atoms with E-state index in [9.17, 15) is 13.2 Å². The standard InChI is InChI=1S/C13H13ClN4O3S/c14-22(20,21)9-10-6-13(19)17(8-10)11-2-1-3-12(7-11)18-15-4-5-16-18/h1-5,7,10H,6,8-9H2. The van der Waals surface area contributed by atoms with E-state index >= 15 is 0 Å². The number of amides is 1. The largest absolute Gasteiger partial charge is 0.312 e. The average Bonchev–Trinajstić information content (AvgIpc) is 3.07. The van der Waals surface area contributed by atoms with Crippen molar-refractivity contribution in [1.82, 2.24) is 15.0 Å². The van der Waals surface area contributed by atoms with Crippen LogP contribution in [0.5, 0.6) is 0 Å². The van der Waals surface area contributed by atoms with Gasteiger partial charge in [0.2, 0.25) is 15.0 Å². The number of nitrogens with zero attached hydrogens (tertiary/aromatic N) is 4. The molecule has 9 heteroatoms. The highest BCUT2D eigenvalue weighted by Crippen LogP contribution is 2.27. The van der Waals surface area contributed by atoms with Crippen molar-refractivity contribution in [3.05, 3.63) is 36.7 Å². The van der Waals surface area contributed by atoms with Gasteiger partial charge in [0.05, 0.1) is 23.8 Å². The highest BCUT2D eigenvalue weighted by atomic mass is 35.7. The van der Waals surface area contributed by atoms with Crippen LogP contribution >= 0.6 is 10.7 Å². The lowest BCUT2D eigenvalue weighted by atomic mass is 10.1. The molecule has 3 rings (SSSR count). The SMILES string of the molecule is O=C1CC(CS(=O)(=O)Cl)CN1c1cccc(-n2nccn2)c1. The van der Waals surface area contributed by atoms with Gasteiger partial charge in [0.15, 0.2) is 0 Å². The average molecular weight is 341 g/mol. The Labute approximate surface area is 131 Å². The zero-order valence-electron chi connectivity index (χ0n) is 11.5. The van der Waals surface area contributed by atoms with Crippen molar-refractivity contribution in [1.29, 1.82) is 0 Å². The van der Waals surface area contributed by atoms with E-state index in [2.05, 4.69) is 10.2 Å². The summed E-state index contributed by atoms with van der Waals surface area (Å²) in [4.78, 5) is 15.1. The lowest BCUT2D eigenvalue weighted by Crippen LogP contribution is -2.25. The first kappa shape index (κ1) is 15.0. The molecule has 0 N–H and O–H groups in total. The monoisotopic (exact) mass is 340 g/mol. The summed E-state index contributed by atoms with van der Waals surface area (Å²) in [5.74, 6) is -0.602. The van der Waals surface area contributed by atoms with E-state index in [-0.39, 0.29) is 24.0 Å². The smallest absolute Gasteiger partial charge is 0.232 e. The van der Waals surface area contributed by atoms with Gasteiger partial charge in [-0.3, -0.25) is 4.79 Å². The van der Waals surface area contributed by atoms with Crippen LogP contribution in [0.1, 0.15) is 6.42 Å². The van der Waals surface area contributed by atoms with Gasteiger partial charge in [-0.2, -0.15) is 15.0 Å². The highest BCUT2D eigenvalue weighted by Gasteiger charge is 2.33. The molecule has 1 saturated heterocycles. The lowest BCUT2D eigenvalue weighted by Gasteiger charge is -2.17. The fourth-order valence-corrected chi connectivity index (χ4v) is 3.88. The topological polar surface area (TPSA) is 85.2 Å². The molecule has 7 nitrogen and oxygen atoms in total. The Bertz CT molecular complexity index is 791. The van der Waals surface area contributed by atoms with Crippen LogP contribution in [0.3, 0.4) is 0 Å². The summed E-state index contributed by atoms with van der Waals surface area (Å²) in [7, 11) is 1.66. The normalized spacial score (nSPS) is 18.9. The Morgan fingerprint density at radius 1 is 1.23 bits per heavy atom. The molecule has 0 saturated carbocycles. The Balaban J connectivity index is 1.83. The van der Waals surface area contributed by atoms with E-state index in [1.54, 1.807) is 35.5 Å². The predicted octanol–water partition coefficient (Wildman–Crippen LogP) is 1.19. The maximum absolute atomic E-state index is 12.1. The molecule has 0 bridgehead atoms. The number of rotatable bonds is 4. The van der Waals surface area contributed by atoms with E-state index in [4.69, 9.17) is 10.7 Å². The molecule has 1 aliphatic rings. The molecule has 1 amide bonds. The molecule has 1 atom stereocenters. The molecular weight excluding hydrogens is 328 g/mol. The summed E-state index contributed by atoms with van der Waals surface area (Å²) in [5, 5.41) is 8.08. The van der Waals surface area contributed by atoms with Gasteiger partial charge in [0.25, 0.3) is 0 Å². The number of aromatic nitrogens is 3. The number of anilines is 1. The van der Waals surface area contributed by atoms with E-state index in [1.807, 2.05) is 6.07 Å². The Kier molecular flexibility index (Phi) is 3.88. The van der Waals surface area contributed by atoms with Gasteiger partial charge >= 0.3 is 0 Å². The predicted molar refractivity (Wildman–Crippen MR) is 81.5 cm³/mol. The summed E-state index contributed by atoms with van der Waals surface area (Å²) >= 11 is 0. The second-order valence-corrected chi connectivity index (χ2v) is 7.94. The van der Waals surface area contributed by atoms with Crippen molar-refractivity contribution in [3.8, 4) is 5.69 Å². The molecule has 1 unspecified atom stereocenters. The van der Waals surface area contributed by atoms with Gasteiger partial charge in [-0.25, -0.2) is 8.42 Å². The molecule has 2 heterocycles. The molecule has 1 fully saturated rings. The van der Waals surface area contributed by atoms with Gasteiger partial charge in [-0.15, -0.1) is 0 Å². The molecule has 1 aliphatic heterocycles. The summed E-state index contributed by atoms with van der Waals surface area (Å²) in [6.45, 7) is 0.334. The minimum atomic E-state index is -3.61. The number of carbonyl (C=O) groups is 1. The minimum Gasteiger partial charge on any atom is -0.312 e. The maximum Gasteiger partial charge on any atom is 0.232 e. The van der Waals surface area contributed by atoms with E-state index in [0.29, 0.717) is 12.2 Å². The fraction of sp³-hybridized carbons (Fsp3) is 0.308. The Hall–Kier alpha value is -1.93. The van der Waals surface area contributed by atoms with Gasteiger partial charge in [0.1, 0.15) is 0 Å². The summed E-state index contributed by atoms with van der Waals surface area (Å²) in [6, 6.07) is 7.20. The minimum absolute atomic E-state index is 0.115. The summed E-state index contributed by atoms with van der Waals surface area (Å²) in [5.41, 5.74) is 1.41. The van der Waals surface area contributed by atoms with Crippen LogP contribution in [0.25, 0.3) is 5.69 Å². The Morgan fingerprint density at radius 3 is 2.59 bits per heavy atom. The molecule has 0 spiro atoms. The molecule has 0 aliphatic carbocycles. The van der Waals surface area contributed by atoms with Crippen LogP contribution in [-0.2, 0) is 13.8 Å². The highest BCUT2D eigenvalue weighted by molar-refractivity contribution is 8.13. The van der Waals surface area contributed by atoms with Crippen molar-refractivity contribution in [2.24, 2.45) is 5.92 Å². The van der Waals surface area contributed by atoms with Crippen LogP contribution in [0.4, 0.5) is 5.69 Å². The van der Waals surface area contributed by atoms with Crippen LogP contribution in [0.15, 0.2) is 36.7 Å². The second kappa shape index (κ2) is 5.69. The van der Waals surface area contributed by atoms with Crippen molar-refractivity contribution >= 4 is 31.3 Å². The van der Waals surface area contributed by atoms with Gasteiger partial charge in [-0.05, 0) is 18.2 Å². The first-order chi connectivity index (χ1) is 10.4. The third-order valence-electron chi connectivity index (χ3n) is 3.43. The number of benzene rings is 1. The van der Waals surface area contributed by atoms with E-state index in [1.165, 1.54) is 4.80 Å². The number of halogens is 1. The first-order valence-corrected chi connectivity index (χ1v) is 9.10. The van der Waals surface area contributed by atoms with Gasteiger partial charge < -0.3 is 4.90 Å². The lowest BCUT2D eigenvalue weighted by molar-refractivity contribution is -0.117. The zero-order valence-corrected chi connectivity index (χ0v) is 13.0. The zero-order chi connectivity index (χ0) is 15.7. The van der Waals surface area contributed by atoms with Crippen molar-refractivity contribution in [2.45, 2.75) is 6.42 Å². The molecule has 1 aromatic carbocycles. The van der Waals surface area contributed by atoms with Crippen molar-refractivity contribution < 1.29 is 13.2 Å².